The largest absolute Gasteiger partial charge is 0.477 e. The lowest BCUT2D eigenvalue weighted by Crippen LogP contribution is -2.26. The number of carboxylic acids is 1. The van der Waals surface area contributed by atoms with Gasteiger partial charge in [0.15, 0.2) is 16.6 Å². The van der Waals surface area contributed by atoms with Gasteiger partial charge in [-0.2, -0.15) is 0 Å². The smallest absolute Gasteiger partial charge is 0.354 e. The third-order valence-corrected chi connectivity index (χ3v) is 4.96. The number of hydrogen-bond donors (Lipinski definition) is 3. The Kier molecular flexibility index (Phi) is 7.15. The van der Waals surface area contributed by atoms with Crippen molar-refractivity contribution >= 4 is 46.8 Å². The average Bonchev–Trinajstić information content (AvgIpc) is 3.22. The van der Waals surface area contributed by atoms with Crippen LogP contribution in [-0.2, 0) is 0 Å². The van der Waals surface area contributed by atoms with Gasteiger partial charge in [0.2, 0.25) is 0 Å². The maximum Gasteiger partial charge on any atom is 0.354 e. The monoisotopic (exact) mass is 464 g/mol. The number of aromatic carboxylic acids is 1. The molecule has 0 spiro atoms. The molecule has 160 valence electrons. The molecule has 2 heterocycles. The number of benzene rings is 1. The minimum atomic E-state index is -1.18. The molecule has 1 amide bonds. The number of nitrogens with two attached hydrogens (primary N) is 1. The highest BCUT2D eigenvalue weighted by molar-refractivity contribution is 7.99. The topological polar surface area (TPSA) is 157 Å². The number of aliphatic imine (C=N–C) groups is 1. The Labute approximate surface area is 183 Å². The van der Waals surface area contributed by atoms with Crippen LogP contribution < -0.4 is 11.1 Å². The normalized spacial score (nSPS) is 11.4. The van der Waals surface area contributed by atoms with Crippen LogP contribution in [0.1, 0.15) is 26.5 Å². The van der Waals surface area contributed by atoms with Crippen molar-refractivity contribution in [2.24, 2.45) is 10.7 Å². The van der Waals surface area contributed by atoms with Crippen LogP contribution in [0.25, 0.3) is 0 Å². The van der Waals surface area contributed by atoms with Crippen LogP contribution in [0.5, 0.6) is 0 Å². The van der Waals surface area contributed by atoms with E-state index in [0.717, 1.165) is 0 Å². The molecule has 3 aromatic rings. The summed E-state index contributed by atoms with van der Waals surface area (Å²) in [6, 6.07) is 6.50. The van der Waals surface area contributed by atoms with Crippen molar-refractivity contribution in [2.45, 2.75) is 5.03 Å². The summed E-state index contributed by atoms with van der Waals surface area (Å²) in [4.78, 5) is 30.7. The summed E-state index contributed by atoms with van der Waals surface area (Å²) >= 11 is 6.95. The highest BCUT2D eigenvalue weighted by Gasteiger charge is 2.15. The molecule has 2 aromatic heterocycles. The lowest BCUT2D eigenvalue weighted by molar-refractivity contribution is 0.0689. The first-order valence-corrected chi connectivity index (χ1v) is 9.94. The molecule has 3 rings (SSSR count). The summed E-state index contributed by atoms with van der Waals surface area (Å²) in [5.74, 6) is -1.75. The van der Waals surface area contributed by atoms with Crippen LogP contribution >= 0.6 is 23.4 Å². The van der Waals surface area contributed by atoms with Crippen LogP contribution in [0, 0.1) is 5.82 Å². The summed E-state index contributed by atoms with van der Waals surface area (Å²) in [5.41, 5.74) is 6.55. The molecule has 4 N–H and O–H groups in total. The zero-order chi connectivity index (χ0) is 22.4. The van der Waals surface area contributed by atoms with E-state index in [1.54, 1.807) is 0 Å². The van der Waals surface area contributed by atoms with E-state index >= 15 is 0 Å². The van der Waals surface area contributed by atoms with Gasteiger partial charge in [-0.3, -0.25) is 4.79 Å². The minimum Gasteiger partial charge on any atom is -0.477 e. The molecule has 0 radical (unpaired) electrons. The molecule has 13 heteroatoms. The predicted molar refractivity (Wildman–Crippen MR) is 110 cm³/mol. The quantitative estimate of drug-likeness (QED) is 0.197. The molecular formula is C18H14ClFN6O4S. The van der Waals surface area contributed by atoms with E-state index < -0.39 is 17.7 Å². The highest BCUT2D eigenvalue weighted by Crippen LogP contribution is 2.23. The first kappa shape index (κ1) is 22.2. The molecule has 0 atom stereocenters. The Morgan fingerprint density at radius 1 is 1.29 bits per heavy atom. The lowest BCUT2D eigenvalue weighted by atomic mass is 10.2. The molecule has 0 fully saturated rings. The van der Waals surface area contributed by atoms with Gasteiger partial charge in [0.25, 0.3) is 5.91 Å². The summed E-state index contributed by atoms with van der Waals surface area (Å²) in [6.45, 7) is 0.265. The zero-order valence-electron chi connectivity index (χ0n) is 15.6. The van der Waals surface area contributed by atoms with Gasteiger partial charge in [-0.1, -0.05) is 23.4 Å². The van der Waals surface area contributed by atoms with Crippen LogP contribution in [0.4, 0.5) is 10.1 Å². The molecule has 0 saturated carbocycles. The van der Waals surface area contributed by atoms with Crippen molar-refractivity contribution < 1.29 is 23.7 Å². The number of nitrogens with zero attached hydrogens (tertiary/aromatic N) is 4. The van der Waals surface area contributed by atoms with Gasteiger partial charge in [-0.05, 0) is 40.6 Å². The highest BCUT2D eigenvalue weighted by atomic mass is 35.5. The molecule has 31 heavy (non-hydrogen) atoms. The third-order valence-electron chi connectivity index (χ3n) is 3.72. The summed E-state index contributed by atoms with van der Waals surface area (Å²) in [6.07, 6.45) is 1.18. The summed E-state index contributed by atoms with van der Waals surface area (Å²) in [7, 11) is 0. The van der Waals surface area contributed by atoms with Crippen LogP contribution in [0.2, 0.25) is 5.02 Å². The lowest BCUT2D eigenvalue weighted by Gasteiger charge is -2.05. The SMILES string of the molecule is NC(=Nc1ccc(F)c(Cl)c1)c1nonc1SCCNC(=O)c1ccc(C(=O)O)nc1. The molecule has 0 aliphatic carbocycles. The third kappa shape index (κ3) is 5.77. The van der Waals surface area contributed by atoms with E-state index in [9.17, 15) is 14.0 Å². The number of halogens is 2. The van der Waals surface area contributed by atoms with Crippen LogP contribution in [0.15, 0.2) is 51.2 Å². The Hall–Kier alpha value is -3.51. The first-order valence-electron chi connectivity index (χ1n) is 8.57. The van der Waals surface area contributed by atoms with E-state index in [-0.39, 0.29) is 34.4 Å². The zero-order valence-corrected chi connectivity index (χ0v) is 17.2. The fourth-order valence-electron chi connectivity index (χ4n) is 2.25. The fraction of sp³-hybridized carbons (Fsp3) is 0.111. The van der Waals surface area contributed by atoms with E-state index in [1.165, 1.54) is 48.3 Å². The molecular weight excluding hydrogens is 451 g/mol. The number of amidine groups is 1. The second-order valence-electron chi connectivity index (χ2n) is 5.86. The number of amides is 1. The standard InChI is InChI=1S/C18H14ClFN6O4S/c19-11-7-10(2-3-12(11)20)24-15(21)14-17(26-30-25-14)31-6-5-22-16(27)9-1-4-13(18(28)29)23-8-9/h1-4,7-8H,5-6H2,(H2,21,24)(H,22,27)(H,28,29). The van der Waals surface area contributed by atoms with Crippen LogP contribution in [-0.4, -0.2) is 50.4 Å². The maximum atomic E-state index is 13.3. The van der Waals surface area contributed by atoms with Crippen molar-refractivity contribution in [1.29, 1.82) is 0 Å². The number of carboxylic acid groups (broad SMARTS) is 1. The average molecular weight is 465 g/mol. The second kappa shape index (κ2) is 10.00. The van der Waals surface area contributed by atoms with Crippen molar-refractivity contribution in [2.75, 3.05) is 12.3 Å². The number of rotatable bonds is 8. The first-order chi connectivity index (χ1) is 14.8. The molecule has 0 aliphatic heterocycles. The number of thioether (sulfide) groups is 1. The fourth-order valence-corrected chi connectivity index (χ4v) is 3.18. The van der Waals surface area contributed by atoms with E-state index in [0.29, 0.717) is 16.5 Å². The number of hydrogen-bond acceptors (Lipinski definition) is 8. The molecule has 1 aromatic carbocycles. The number of pyridine rings is 1. The van der Waals surface area contributed by atoms with E-state index in [4.69, 9.17) is 27.1 Å². The number of carbonyl (C=O) groups is 2. The van der Waals surface area contributed by atoms with Gasteiger partial charge in [0.1, 0.15) is 11.5 Å². The molecule has 0 saturated heterocycles. The van der Waals surface area contributed by atoms with E-state index in [1.807, 2.05) is 0 Å². The maximum absolute atomic E-state index is 13.3. The van der Waals surface area contributed by atoms with Gasteiger partial charge in [0, 0.05) is 18.5 Å². The molecule has 0 bridgehead atoms. The summed E-state index contributed by atoms with van der Waals surface area (Å²) < 4.78 is 18.0. The van der Waals surface area contributed by atoms with Gasteiger partial charge >= 0.3 is 5.97 Å². The van der Waals surface area contributed by atoms with Crippen molar-refractivity contribution in [3.63, 3.8) is 0 Å². The van der Waals surface area contributed by atoms with Gasteiger partial charge in [-0.15, -0.1) is 0 Å². The number of carbonyl (C=O) groups excluding carboxylic acids is 1. The van der Waals surface area contributed by atoms with Gasteiger partial charge in [-0.25, -0.2) is 23.8 Å². The Balaban J connectivity index is 1.55. The Bertz CT molecular complexity index is 1140. The van der Waals surface area contributed by atoms with Gasteiger partial charge in [0.05, 0.1) is 16.3 Å². The van der Waals surface area contributed by atoms with Crippen molar-refractivity contribution in [1.82, 2.24) is 20.6 Å². The Morgan fingerprint density at radius 3 is 2.77 bits per heavy atom. The second-order valence-corrected chi connectivity index (χ2v) is 7.35. The number of aromatic nitrogens is 3. The summed E-state index contributed by atoms with van der Waals surface area (Å²) in [5, 5.41) is 19.2. The predicted octanol–water partition coefficient (Wildman–Crippen LogP) is 2.51. The van der Waals surface area contributed by atoms with Gasteiger partial charge < -0.3 is 16.2 Å². The van der Waals surface area contributed by atoms with Crippen LogP contribution in [0.3, 0.4) is 0 Å². The van der Waals surface area contributed by atoms with Crippen molar-refractivity contribution in [3.05, 3.63) is 64.3 Å². The van der Waals surface area contributed by atoms with Crippen molar-refractivity contribution in [3.8, 4) is 0 Å². The minimum absolute atomic E-state index is 0.0000510. The molecule has 0 aliphatic rings. The van der Waals surface area contributed by atoms with E-state index in [2.05, 4.69) is 25.6 Å². The molecule has 0 unspecified atom stereocenters. The Morgan fingerprint density at radius 2 is 2.10 bits per heavy atom. The number of nitrogens with one attached hydrogen (secondary N) is 1. The molecule has 10 nitrogen and oxygen atoms in total.